The fourth-order valence-electron chi connectivity index (χ4n) is 1.81. The van der Waals surface area contributed by atoms with E-state index in [0.717, 1.165) is 0 Å². The number of hydrogen-bond donors (Lipinski definition) is 3. The molecule has 4 nitrogen and oxygen atoms in total. The first kappa shape index (κ1) is 13.3. The van der Waals surface area contributed by atoms with E-state index in [0.29, 0.717) is 22.5 Å². The number of aromatic nitrogens is 1. The Labute approximate surface area is 110 Å². The molecule has 1 aromatic heterocycles. The average Bonchev–Trinajstić information content (AvgIpc) is 2.40. The number of hydrogen-bond acceptors (Lipinski definition) is 4. The number of pyridine rings is 1. The first-order valence-corrected chi connectivity index (χ1v) is 5.88. The molecule has 0 bridgehead atoms. The highest BCUT2D eigenvalue weighted by Crippen LogP contribution is 2.25. The Balaban J connectivity index is 2.21. The maximum Gasteiger partial charge on any atom is 0.142 e. The molecule has 0 aliphatic heterocycles. The fourth-order valence-corrected chi connectivity index (χ4v) is 1.81. The van der Waals surface area contributed by atoms with Crippen LogP contribution in [0.5, 0.6) is 5.75 Å². The summed E-state index contributed by atoms with van der Waals surface area (Å²) in [4.78, 5) is 3.98. The highest BCUT2D eigenvalue weighted by Gasteiger charge is 2.11. The summed E-state index contributed by atoms with van der Waals surface area (Å²) in [6.07, 6.45) is 1.53. The Morgan fingerprint density at radius 2 is 2.16 bits per heavy atom. The number of halogens is 1. The van der Waals surface area contributed by atoms with Gasteiger partial charge in [-0.25, -0.2) is 4.39 Å². The number of aryl methyl sites for hydroxylation is 1. The Morgan fingerprint density at radius 1 is 1.37 bits per heavy atom. The van der Waals surface area contributed by atoms with Gasteiger partial charge in [-0.3, -0.25) is 4.98 Å². The molecule has 2 rings (SSSR count). The number of nitrogens with one attached hydrogen (secondary N) is 1. The highest BCUT2D eigenvalue weighted by atomic mass is 19.1. The highest BCUT2D eigenvalue weighted by molar-refractivity contribution is 5.47. The SMILES string of the molecule is Cc1ncc(CO)c(CNc2cccc(F)c2)c1O. The molecule has 0 saturated carbocycles. The normalized spacial score (nSPS) is 10.5. The molecule has 0 atom stereocenters. The maximum atomic E-state index is 13.0. The number of nitrogens with zero attached hydrogens (tertiary/aromatic N) is 1. The molecular formula is C14H15FN2O2. The Morgan fingerprint density at radius 3 is 2.84 bits per heavy atom. The number of benzene rings is 1. The number of aromatic hydroxyl groups is 1. The summed E-state index contributed by atoms with van der Waals surface area (Å²) < 4.78 is 13.0. The van der Waals surface area contributed by atoms with Crippen LogP contribution in [0, 0.1) is 12.7 Å². The van der Waals surface area contributed by atoms with Crippen molar-refractivity contribution in [2.75, 3.05) is 5.32 Å². The molecule has 0 spiro atoms. The van der Waals surface area contributed by atoms with E-state index >= 15 is 0 Å². The molecule has 1 heterocycles. The minimum absolute atomic E-state index is 0.0513. The smallest absolute Gasteiger partial charge is 0.142 e. The van der Waals surface area contributed by atoms with Crippen molar-refractivity contribution in [1.29, 1.82) is 0 Å². The summed E-state index contributed by atoms with van der Waals surface area (Å²) in [7, 11) is 0. The second-order valence-electron chi connectivity index (χ2n) is 4.22. The van der Waals surface area contributed by atoms with Crippen LogP contribution in [-0.2, 0) is 13.2 Å². The molecule has 0 unspecified atom stereocenters. The van der Waals surface area contributed by atoms with Crippen molar-refractivity contribution < 1.29 is 14.6 Å². The van der Waals surface area contributed by atoms with Gasteiger partial charge in [0, 0.05) is 29.6 Å². The monoisotopic (exact) mass is 262 g/mol. The van der Waals surface area contributed by atoms with Gasteiger partial charge in [-0.1, -0.05) is 6.07 Å². The van der Waals surface area contributed by atoms with Crippen molar-refractivity contribution in [1.82, 2.24) is 4.98 Å². The van der Waals surface area contributed by atoms with E-state index in [1.165, 1.54) is 18.3 Å². The zero-order valence-corrected chi connectivity index (χ0v) is 10.5. The summed E-state index contributed by atoms with van der Waals surface area (Å²) in [6.45, 7) is 1.76. The molecule has 0 radical (unpaired) electrons. The van der Waals surface area contributed by atoms with Crippen molar-refractivity contribution in [2.24, 2.45) is 0 Å². The number of anilines is 1. The van der Waals surface area contributed by atoms with Gasteiger partial charge in [0.05, 0.1) is 12.3 Å². The van der Waals surface area contributed by atoms with E-state index in [1.54, 1.807) is 19.1 Å². The third-order valence-electron chi connectivity index (χ3n) is 2.89. The lowest BCUT2D eigenvalue weighted by Gasteiger charge is -2.13. The molecule has 0 aliphatic rings. The molecule has 100 valence electrons. The van der Waals surface area contributed by atoms with Crippen LogP contribution in [0.25, 0.3) is 0 Å². The van der Waals surface area contributed by atoms with Crippen LogP contribution in [0.1, 0.15) is 16.8 Å². The number of aliphatic hydroxyl groups is 1. The molecule has 0 amide bonds. The second-order valence-corrected chi connectivity index (χ2v) is 4.22. The van der Waals surface area contributed by atoms with Crippen LogP contribution < -0.4 is 5.32 Å². The Kier molecular flexibility index (Phi) is 3.97. The molecule has 0 aliphatic carbocycles. The lowest BCUT2D eigenvalue weighted by atomic mass is 10.1. The van der Waals surface area contributed by atoms with E-state index < -0.39 is 0 Å². The van der Waals surface area contributed by atoms with Crippen LogP contribution in [0.4, 0.5) is 10.1 Å². The molecule has 1 aromatic carbocycles. The van der Waals surface area contributed by atoms with Crippen LogP contribution in [0.15, 0.2) is 30.5 Å². The molecular weight excluding hydrogens is 247 g/mol. The van der Waals surface area contributed by atoms with Gasteiger partial charge in [0.15, 0.2) is 0 Å². The summed E-state index contributed by atoms with van der Waals surface area (Å²) in [5.41, 5.74) is 2.22. The zero-order chi connectivity index (χ0) is 13.8. The first-order chi connectivity index (χ1) is 9.11. The van der Waals surface area contributed by atoms with Gasteiger partial charge in [-0.05, 0) is 25.1 Å². The van der Waals surface area contributed by atoms with Crippen molar-refractivity contribution in [3.63, 3.8) is 0 Å². The predicted octanol–water partition coefficient (Wildman–Crippen LogP) is 2.34. The zero-order valence-electron chi connectivity index (χ0n) is 10.5. The van der Waals surface area contributed by atoms with Gasteiger partial charge in [-0.15, -0.1) is 0 Å². The van der Waals surface area contributed by atoms with Gasteiger partial charge in [0.1, 0.15) is 11.6 Å². The van der Waals surface area contributed by atoms with Crippen molar-refractivity contribution >= 4 is 5.69 Å². The number of rotatable bonds is 4. The van der Waals surface area contributed by atoms with Crippen LogP contribution >= 0.6 is 0 Å². The number of aliphatic hydroxyl groups excluding tert-OH is 1. The largest absolute Gasteiger partial charge is 0.506 e. The van der Waals surface area contributed by atoms with Gasteiger partial charge >= 0.3 is 0 Å². The van der Waals surface area contributed by atoms with Crippen molar-refractivity contribution in [3.8, 4) is 5.75 Å². The van der Waals surface area contributed by atoms with Crippen molar-refractivity contribution in [2.45, 2.75) is 20.1 Å². The van der Waals surface area contributed by atoms with Crippen LogP contribution in [0.3, 0.4) is 0 Å². The second kappa shape index (κ2) is 5.67. The standard InChI is InChI=1S/C14H15FN2O2/c1-9-14(19)13(10(8-18)6-16-9)7-17-12-4-2-3-11(15)5-12/h2-6,17-19H,7-8H2,1H3. The molecule has 19 heavy (non-hydrogen) atoms. The van der Waals surface area contributed by atoms with Crippen molar-refractivity contribution in [3.05, 3.63) is 53.1 Å². The lowest BCUT2D eigenvalue weighted by molar-refractivity contribution is 0.279. The van der Waals surface area contributed by atoms with E-state index in [-0.39, 0.29) is 24.7 Å². The minimum Gasteiger partial charge on any atom is -0.506 e. The van der Waals surface area contributed by atoms with Gasteiger partial charge in [0.2, 0.25) is 0 Å². The lowest BCUT2D eigenvalue weighted by Crippen LogP contribution is -2.05. The average molecular weight is 262 g/mol. The molecule has 0 fully saturated rings. The summed E-state index contributed by atoms with van der Waals surface area (Å²) in [5.74, 6) is -0.280. The van der Waals surface area contributed by atoms with Gasteiger partial charge in [0.25, 0.3) is 0 Å². The van der Waals surface area contributed by atoms with Gasteiger partial charge in [-0.2, -0.15) is 0 Å². The fraction of sp³-hybridized carbons (Fsp3) is 0.214. The maximum absolute atomic E-state index is 13.0. The van der Waals surface area contributed by atoms with E-state index in [4.69, 9.17) is 0 Å². The molecule has 2 aromatic rings. The Hall–Kier alpha value is -2.14. The summed E-state index contributed by atoms with van der Waals surface area (Å²) in [5, 5.41) is 22.2. The molecule has 5 heteroatoms. The van der Waals surface area contributed by atoms with Crippen LogP contribution in [-0.4, -0.2) is 15.2 Å². The predicted molar refractivity (Wildman–Crippen MR) is 70.3 cm³/mol. The molecule has 3 N–H and O–H groups in total. The van der Waals surface area contributed by atoms with Crippen LogP contribution in [0.2, 0.25) is 0 Å². The third kappa shape index (κ3) is 3.00. The summed E-state index contributed by atoms with van der Waals surface area (Å²) in [6, 6.07) is 6.05. The third-order valence-corrected chi connectivity index (χ3v) is 2.89. The Bertz CT molecular complexity index is 588. The van der Waals surface area contributed by atoms with E-state index in [2.05, 4.69) is 10.3 Å². The molecule has 0 saturated heterocycles. The first-order valence-electron chi connectivity index (χ1n) is 5.88. The summed E-state index contributed by atoms with van der Waals surface area (Å²) >= 11 is 0. The minimum atomic E-state index is -0.331. The van der Waals surface area contributed by atoms with Gasteiger partial charge < -0.3 is 15.5 Å². The van der Waals surface area contributed by atoms with E-state index in [9.17, 15) is 14.6 Å². The topological polar surface area (TPSA) is 65.4 Å². The quantitative estimate of drug-likeness (QED) is 0.791. The van der Waals surface area contributed by atoms with E-state index in [1.807, 2.05) is 0 Å².